The standard InChI is InChI=1S/C59H40N2/c1-5-21-41(22-6-1)46-29-17-20-36-56(46)61(44-27-11-4-12-28-44)45-37-38-54-51(39-45)47-30-15-18-34-52(47)59(54)53-35-19-16-33-50(53)58-49-32-14-13-31-48(49)57(40-55(58)59)60(42-23-7-2-8-24-42)43-25-9-3-10-26-43/h1-40H/t59-/m0/s1. The molecular weight excluding hydrogens is 737 g/mol. The molecule has 0 heterocycles. The van der Waals surface area contributed by atoms with Crippen LogP contribution in [-0.4, -0.2) is 0 Å². The van der Waals surface area contributed by atoms with E-state index in [4.69, 9.17) is 0 Å². The van der Waals surface area contributed by atoms with E-state index in [1.54, 1.807) is 0 Å². The van der Waals surface area contributed by atoms with Crippen LogP contribution in [0.5, 0.6) is 0 Å². The molecule has 0 fully saturated rings. The summed E-state index contributed by atoms with van der Waals surface area (Å²) in [5.74, 6) is 0. The molecule has 286 valence electrons. The second-order valence-electron chi connectivity index (χ2n) is 16.0. The van der Waals surface area contributed by atoms with Crippen LogP contribution in [0.15, 0.2) is 243 Å². The van der Waals surface area contributed by atoms with Crippen molar-refractivity contribution in [2.45, 2.75) is 5.41 Å². The number of anilines is 6. The lowest BCUT2D eigenvalue weighted by Gasteiger charge is -2.33. The Hall–Kier alpha value is -7.94. The van der Waals surface area contributed by atoms with Crippen molar-refractivity contribution in [2.75, 3.05) is 9.80 Å². The van der Waals surface area contributed by atoms with Crippen LogP contribution < -0.4 is 9.80 Å². The molecule has 0 saturated heterocycles. The first-order valence-electron chi connectivity index (χ1n) is 21.1. The van der Waals surface area contributed by atoms with Gasteiger partial charge in [0.2, 0.25) is 0 Å². The first kappa shape index (κ1) is 35.0. The predicted octanol–water partition coefficient (Wildman–Crippen LogP) is 15.8. The van der Waals surface area contributed by atoms with Gasteiger partial charge < -0.3 is 9.80 Å². The molecule has 2 nitrogen and oxygen atoms in total. The molecule has 0 unspecified atom stereocenters. The van der Waals surface area contributed by atoms with Crippen LogP contribution in [0.1, 0.15) is 22.3 Å². The van der Waals surface area contributed by atoms with Gasteiger partial charge in [-0.2, -0.15) is 0 Å². The monoisotopic (exact) mass is 776 g/mol. The number of nitrogens with zero attached hydrogens (tertiary/aromatic N) is 2. The average molecular weight is 777 g/mol. The highest BCUT2D eigenvalue weighted by molar-refractivity contribution is 6.12. The number of para-hydroxylation sites is 4. The lowest BCUT2D eigenvalue weighted by Crippen LogP contribution is -2.26. The minimum atomic E-state index is -0.548. The van der Waals surface area contributed by atoms with Gasteiger partial charge in [-0.3, -0.25) is 0 Å². The van der Waals surface area contributed by atoms with Crippen LogP contribution in [0.25, 0.3) is 44.2 Å². The summed E-state index contributed by atoms with van der Waals surface area (Å²) in [6, 6.07) is 88.9. The molecule has 0 bridgehead atoms. The Morgan fingerprint density at radius 2 is 0.721 bits per heavy atom. The molecule has 10 aromatic carbocycles. The Bertz CT molecular complexity index is 3210. The Morgan fingerprint density at radius 3 is 1.36 bits per heavy atom. The number of hydrogen-bond donors (Lipinski definition) is 0. The third-order valence-corrected chi connectivity index (χ3v) is 12.8. The van der Waals surface area contributed by atoms with Gasteiger partial charge in [0, 0.05) is 33.7 Å². The Balaban J connectivity index is 1.15. The van der Waals surface area contributed by atoms with Crippen LogP contribution in [0.4, 0.5) is 34.1 Å². The number of rotatable bonds is 7. The van der Waals surface area contributed by atoms with Crippen molar-refractivity contribution in [3.8, 4) is 33.4 Å². The van der Waals surface area contributed by atoms with Crippen molar-refractivity contribution in [3.63, 3.8) is 0 Å². The van der Waals surface area contributed by atoms with E-state index in [1.165, 1.54) is 66.4 Å². The van der Waals surface area contributed by atoms with Gasteiger partial charge in [0.15, 0.2) is 0 Å². The van der Waals surface area contributed by atoms with Gasteiger partial charge in [0.05, 0.1) is 16.8 Å². The second-order valence-corrected chi connectivity index (χ2v) is 16.0. The summed E-state index contributed by atoms with van der Waals surface area (Å²) in [4.78, 5) is 4.86. The highest BCUT2D eigenvalue weighted by Gasteiger charge is 2.52. The van der Waals surface area contributed by atoms with E-state index in [1.807, 2.05) is 0 Å². The van der Waals surface area contributed by atoms with Gasteiger partial charge in [0.25, 0.3) is 0 Å². The lowest BCUT2D eigenvalue weighted by atomic mass is 9.70. The zero-order valence-corrected chi connectivity index (χ0v) is 33.5. The minimum Gasteiger partial charge on any atom is -0.310 e. The maximum atomic E-state index is 2.52. The molecule has 0 N–H and O–H groups in total. The summed E-state index contributed by atoms with van der Waals surface area (Å²) >= 11 is 0. The van der Waals surface area contributed by atoms with Crippen molar-refractivity contribution in [1.82, 2.24) is 0 Å². The van der Waals surface area contributed by atoms with Crippen molar-refractivity contribution >= 4 is 44.9 Å². The van der Waals surface area contributed by atoms with Gasteiger partial charge >= 0.3 is 0 Å². The summed E-state index contributed by atoms with van der Waals surface area (Å²) in [5.41, 5.74) is 19.0. The van der Waals surface area contributed by atoms with E-state index >= 15 is 0 Å². The van der Waals surface area contributed by atoms with Gasteiger partial charge in [-0.05, 0) is 116 Å². The quantitative estimate of drug-likeness (QED) is 0.159. The normalized spacial score (nSPS) is 14.3. The van der Waals surface area contributed by atoms with E-state index in [0.717, 1.165) is 34.1 Å². The van der Waals surface area contributed by atoms with E-state index in [9.17, 15) is 0 Å². The van der Waals surface area contributed by atoms with E-state index < -0.39 is 5.41 Å². The Morgan fingerprint density at radius 1 is 0.262 bits per heavy atom. The summed E-state index contributed by atoms with van der Waals surface area (Å²) in [6.07, 6.45) is 0. The van der Waals surface area contributed by atoms with Crippen LogP contribution in [0.3, 0.4) is 0 Å². The fraction of sp³-hybridized carbons (Fsp3) is 0.0169. The SMILES string of the molecule is c1ccc(-c2ccccc2N(c2ccccc2)c2ccc3c(c2)-c2ccccc2[C@]32c3ccccc3-c3c2cc(N(c2ccccc2)c2ccccc2)c2ccccc32)cc1. The molecular formula is C59H40N2. The molecule has 0 radical (unpaired) electrons. The number of fused-ring (bicyclic) bond motifs is 12. The third kappa shape index (κ3) is 5.29. The Kier molecular flexibility index (Phi) is 8.11. The first-order valence-corrected chi connectivity index (χ1v) is 21.1. The minimum absolute atomic E-state index is 0.548. The zero-order valence-electron chi connectivity index (χ0n) is 33.5. The molecule has 12 rings (SSSR count). The Labute approximate surface area is 356 Å². The van der Waals surface area contributed by atoms with Crippen molar-refractivity contribution in [2.24, 2.45) is 0 Å². The molecule has 0 saturated carbocycles. The van der Waals surface area contributed by atoms with Crippen molar-refractivity contribution in [3.05, 3.63) is 265 Å². The van der Waals surface area contributed by atoms with Crippen molar-refractivity contribution in [1.29, 1.82) is 0 Å². The van der Waals surface area contributed by atoms with E-state index in [2.05, 4.69) is 252 Å². The molecule has 10 aromatic rings. The maximum absolute atomic E-state index is 2.52. The summed E-state index contributed by atoms with van der Waals surface area (Å²) in [7, 11) is 0. The van der Waals surface area contributed by atoms with Gasteiger partial charge in [-0.25, -0.2) is 0 Å². The van der Waals surface area contributed by atoms with Gasteiger partial charge in [0.1, 0.15) is 0 Å². The molecule has 1 spiro atoms. The molecule has 2 aliphatic carbocycles. The summed E-state index contributed by atoms with van der Waals surface area (Å²) in [6.45, 7) is 0. The lowest BCUT2D eigenvalue weighted by molar-refractivity contribution is 0.794. The van der Waals surface area contributed by atoms with E-state index in [-0.39, 0.29) is 0 Å². The van der Waals surface area contributed by atoms with Crippen LogP contribution >= 0.6 is 0 Å². The van der Waals surface area contributed by atoms with Crippen LogP contribution in [0, 0.1) is 0 Å². The topological polar surface area (TPSA) is 6.48 Å². The highest BCUT2D eigenvalue weighted by atomic mass is 15.1. The molecule has 0 aromatic heterocycles. The average Bonchev–Trinajstić information content (AvgIpc) is 3.80. The summed E-state index contributed by atoms with van der Waals surface area (Å²) < 4.78 is 0. The fourth-order valence-electron chi connectivity index (χ4n) is 10.4. The number of hydrogen-bond acceptors (Lipinski definition) is 2. The molecule has 2 heteroatoms. The third-order valence-electron chi connectivity index (χ3n) is 12.8. The highest BCUT2D eigenvalue weighted by Crippen LogP contribution is 2.65. The maximum Gasteiger partial charge on any atom is 0.0726 e. The smallest absolute Gasteiger partial charge is 0.0726 e. The molecule has 2 aliphatic rings. The molecule has 0 aliphatic heterocycles. The van der Waals surface area contributed by atoms with Crippen LogP contribution in [0.2, 0.25) is 0 Å². The molecule has 0 amide bonds. The molecule has 61 heavy (non-hydrogen) atoms. The first-order chi connectivity index (χ1) is 30.3. The number of benzene rings is 10. The van der Waals surface area contributed by atoms with Gasteiger partial charge in [-0.15, -0.1) is 0 Å². The van der Waals surface area contributed by atoms with Gasteiger partial charge in [-0.1, -0.05) is 182 Å². The molecule has 1 atom stereocenters. The largest absolute Gasteiger partial charge is 0.310 e. The second kappa shape index (κ2) is 14.1. The van der Waals surface area contributed by atoms with Crippen molar-refractivity contribution < 1.29 is 0 Å². The summed E-state index contributed by atoms with van der Waals surface area (Å²) in [5, 5.41) is 2.48. The predicted molar refractivity (Wildman–Crippen MR) is 255 cm³/mol. The fourth-order valence-corrected chi connectivity index (χ4v) is 10.4. The van der Waals surface area contributed by atoms with Crippen LogP contribution in [-0.2, 0) is 5.41 Å². The zero-order chi connectivity index (χ0) is 40.3. The van der Waals surface area contributed by atoms with E-state index in [0.29, 0.717) is 0 Å².